The molecule has 0 saturated carbocycles. The van der Waals surface area contributed by atoms with Gasteiger partial charge in [0.1, 0.15) is 5.56 Å². The van der Waals surface area contributed by atoms with Crippen molar-refractivity contribution in [1.29, 1.82) is 0 Å². The van der Waals surface area contributed by atoms with Crippen molar-refractivity contribution in [1.82, 2.24) is 9.88 Å². The number of carbonyl (C=O) groups is 1. The lowest BCUT2D eigenvalue weighted by molar-refractivity contribution is 0.0670. The molecule has 2 rings (SSSR count). The highest BCUT2D eigenvalue weighted by molar-refractivity contribution is 6.17. The molecule has 1 N–H and O–H groups in total. The molecule has 19 heavy (non-hydrogen) atoms. The maximum Gasteiger partial charge on any atom is 0.259 e. The number of rotatable bonds is 3. The third-order valence-corrected chi connectivity index (χ3v) is 3.83. The lowest BCUT2D eigenvalue weighted by Crippen LogP contribution is -2.41. The number of halogens is 1. The van der Waals surface area contributed by atoms with E-state index in [1.54, 1.807) is 11.8 Å². The van der Waals surface area contributed by atoms with Gasteiger partial charge in [0.2, 0.25) is 0 Å². The van der Waals surface area contributed by atoms with E-state index in [1.165, 1.54) is 12.3 Å². The van der Waals surface area contributed by atoms with E-state index in [1.807, 2.05) is 0 Å². The van der Waals surface area contributed by atoms with Crippen LogP contribution in [0.1, 0.15) is 35.3 Å². The van der Waals surface area contributed by atoms with Gasteiger partial charge >= 0.3 is 0 Å². The van der Waals surface area contributed by atoms with Crippen LogP contribution >= 0.6 is 11.6 Å². The summed E-state index contributed by atoms with van der Waals surface area (Å²) in [5.74, 6) is 0.915. The average Bonchev–Trinajstić information content (AvgIpc) is 2.39. The Bertz CT molecular complexity index is 510. The molecule has 1 atom stereocenters. The van der Waals surface area contributed by atoms with E-state index >= 15 is 0 Å². The minimum atomic E-state index is -0.208. The molecule has 0 bridgehead atoms. The lowest BCUT2D eigenvalue weighted by Gasteiger charge is -2.32. The summed E-state index contributed by atoms with van der Waals surface area (Å²) in [6.45, 7) is 3.23. The van der Waals surface area contributed by atoms with Crippen LogP contribution in [-0.2, 0) is 0 Å². The number of hydrogen-bond donors (Lipinski definition) is 1. The highest BCUT2D eigenvalue weighted by Crippen LogP contribution is 2.21. The summed E-state index contributed by atoms with van der Waals surface area (Å²) in [6.07, 6.45) is 4.54. The van der Waals surface area contributed by atoms with Crippen LogP contribution in [0.5, 0.6) is 0 Å². The van der Waals surface area contributed by atoms with Gasteiger partial charge in [0.05, 0.1) is 0 Å². The summed E-state index contributed by atoms with van der Waals surface area (Å²) < 4.78 is 0. The van der Waals surface area contributed by atoms with Crippen LogP contribution in [-0.4, -0.2) is 34.8 Å². The van der Waals surface area contributed by atoms with Gasteiger partial charge in [-0.15, -0.1) is 11.6 Å². The number of pyridine rings is 1. The van der Waals surface area contributed by atoms with Gasteiger partial charge in [0, 0.05) is 36.9 Å². The molecule has 2 heterocycles. The SMILES string of the molecule is Cc1cc(=O)c(C(=O)N2CCCC(CCCl)C2)c[nH]1. The topological polar surface area (TPSA) is 53.2 Å². The molecule has 1 amide bonds. The number of piperidine rings is 1. The number of hydrogen-bond acceptors (Lipinski definition) is 2. The molecule has 0 spiro atoms. The summed E-state index contributed by atoms with van der Waals surface area (Å²) >= 11 is 5.76. The van der Waals surface area contributed by atoms with Gasteiger partial charge in [-0.05, 0) is 32.1 Å². The second kappa shape index (κ2) is 6.24. The van der Waals surface area contributed by atoms with Crippen LogP contribution in [0.2, 0.25) is 0 Å². The first kappa shape index (κ1) is 14.1. The van der Waals surface area contributed by atoms with Gasteiger partial charge in [-0.25, -0.2) is 0 Å². The molecule has 1 fully saturated rings. The Labute approximate surface area is 117 Å². The van der Waals surface area contributed by atoms with Crippen molar-refractivity contribution in [3.63, 3.8) is 0 Å². The standard InChI is InChI=1S/C14H19ClN2O2/c1-10-7-13(18)12(8-16-10)14(19)17-6-2-3-11(9-17)4-5-15/h7-8,11H,2-6,9H2,1H3,(H,16,18). The highest BCUT2D eigenvalue weighted by Gasteiger charge is 2.25. The van der Waals surface area contributed by atoms with Crippen LogP contribution in [0.4, 0.5) is 0 Å². The van der Waals surface area contributed by atoms with Gasteiger partial charge in [-0.2, -0.15) is 0 Å². The number of amides is 1. The maximum atomic E-state index is 12.4. The van der Waals surface area contributed by atoms with Crippen LogP contribution < -0.4 is 5.43 Å². The van der Waals surface area contributed by atoms with Crippen LogP contribution in [0.3, 0.4) is 0 Å². The van der Waals surface area contributed by atoms with Crippen LogP contribution in [0.25, 0.3) is 0 Å². The predicted octanol–water partition coefficient (Wildman–Crippen LogP) is 2.16. The highest BCUT2D eigenvalue weighted by atomic mass is 35.5. The summed E-state index contributed by atoms with van der Waals surface area (Å²) in [7, 11) is 0. The van der Waals surface area contributed by atoms with Gasteiger partial charge in [0.15, 0.2) is 5.43 Å². The number of aryl methyl sites for hydroxylation is 1. The van der Waals surface area contributed by atoms with Crippen LogP contribution in [0.15, 0.2) is 17.1 Å². The Morgan fingerprint density at radius 2 is 2.37 bits per heavy atom. The number of H-pyrrole nitrogens is 1. The zero-order valence-corrected chi connectivity index (χ0v) is 11.9. The Balaban J connectivity index is 2.12. The summed E-state index contributed by atoms with van der Waals surface area (Å²) in [5, 5.41) is 0. The maximum absolute atomic E-state index is 12.4. The largest absolute Gasteiger partial charge is 0.364 e. The van der Waals surface area contributed by atoms with Gasteiger partial charge < -0.3 is 9.88 Å². The van der Waals surface area contributed by atoms with Gasteiger partial charge in [-0.1, -0.05) is 0 Å². The molecule has 5 heteroatoms. The number of likely N-dealkylation sites (tertiary alicyclic amines) is 1. The molecular formula is C14H19ClN2O2. The van der Waals surface area contributed by atoms with Crippen molar-refractivity contribution in [3.8, 4) is 0 Å². The summed E-state index contributed by atoms with van der Waals surface area (Å²) in [6, 6.07) is 1.47. The summed E-state index contributed by atoms with van der Waals surface area (Å²) in [4.78, 5) is 28.9. The number of alkyl halides is 1. The Morgan fingerprint density at radius 3 is 3.05 bits per heavy atom. The molecule has 1 saturated heterocycles. The third kappa shape index (κ3) is 3.38. The van der Waals surface area contributed by atoms with Crippen molar-refractivity contribution in [2.24, 2.45) is 5.92 Å². The zero-order valence-electron chi connectivity index (χ0n) is 11.1. The molecule has 1 aliphatic heterocycles. The minimum absolute atomic E-state index is 0.166. The van der Waals surface area contributed by atoms with Crippen LogP contribution in [0, 0.1) is 12.8 Å². The zero-order chi connectivity index (χ0) is 13.8. The summed E-state index contributed by atoms with van der Waals surface area (Å²) in [5.41, 5.74) is 0.790. The van der Waals surface area contributed by atoms with E-state index in [0.717, 1.165) is 31.5 Å². The fourth-order valence-corrected chi connectivity index (χ4v) is 2.86. The number of carbonyl (C=O) groups excluding carboxylic acids is 1. The van der Waals surface area contributed by atoms with Crippen molar-refractivity contribution < 1.29 is 4.79 Å². The number of nitrogens with zero attached hydrogens (tertiary/aromatic N) is 1. The molecule has 1 aliphatic rings. The van der Waals surface area contributed by atoms with E-state index in [-0.39, 0.29) is 16.9 Å². The Hall–Kier alpha value is -1.29. The number of aromatic nitrogens is 1. The lowest BCUT2D eigenvalue weighted by atomic mass is 9.95. The molecule has 104 valence electrons. The second-order valence-electron chi connectivity index (χ2n) is 5.13. The van der Waals surface area contributed by atoms with Gasteiger partial charge in [0.25, 0.3) is 5.91 Å². The first-order valence-electron chi connectivity index (χ1n) is 6.66. The fraction of sp³-hybridized carbons (Fsp3) is 0.571. The average molecular weight is 283 g/mol. The normalized spacial score (nSPS) is 19.5. The second-order valence-corrected chi connectivity index (χ2v) is 5.51. The molecule has 0 aliphatic carbocycles. The molecule has 4 nitrogen and oxygen atoms in total. The van der Waals surface area contributed by atoms with Gasteiger partial charge in [-0.3, -0.25) is 9.59 Å². The molecular weight excluding hydrogens is 264 g/mol. The third-order valence-electron chi connectivity index (χ3n) is 3.61. The van der Waals surface area contributed by atoms with E-state index in [0.29, 0.717) is 18.3 Å². The quantitative estimate of drug-likeness (QED) is 0.864. The first-order valence-corrected chi connectivity index (χ1v) is 7.20. The molecule has 1 unspecified atom stereocenters. The van der Waals surface area contributed by atoms with E-state index < -0.39 is 0 Å². The number of aromatic amines is 1. The number of nitrogens with one attached hydrogen (secondary N) is 1. The molecule has 0 aromatic carbocycles. The Kier molecular flexibility index (Phi) is 4.64. The molecule has 0 radical (unpaired) electrons. The molecule has 1 aromatic heterocycles. The monoisotopic (exact) mass is 282 g/mol. The Morgan fingerprint density at radius 1 is 1.58 bits per heavy atom. The smallest absolute Gasteiger partial charge is 0.259 e. The van der Waals surface area contributed by atoms with Crippen molar-refractivity contribution in [3.05, 3.63) is 33.7 Å². The molecule has 1 aromatic rings. The minimum Gasteiger partial charge on any atom is -0.364 e. The fourth-order valence-electron chi connectivity index (χ4n) is 2.55. The van der Waals surface area contributed by atoms with E-state index in [4.69, 9.17) is 11.6 Å². The van der Waals surface area contributed by atoms with Crippen molar-refractivity contribution in [2.75, 3.05) is 19.0 Å². The van der Waals surface area contributed by atoms with E-state index in [9.17, 15) is 9.59 Å². The first-order chi connectivity index (χ1) is 9.11. The predicted molar refractivity (Wildman–Crippen MR) is 75.8 cm³/mol. The van der Waals surface area contributed by atoms with E-state index in [2.05, 4.69) is 4.98 Å². The van der Waals surface area contributed by atoms with Crippen molar-refractivity contribution in [2.45, 2.75) is 26.2 Å². The van der Waals surface area contributed by atoms with Crippen molar-refractivity contribution >= 4 is 17.5 Å².